The molecule has 1 saturated heterocycles. The van der Waals surface area contributed by atoms with Gasteiger partial charge in [-0.1, -0.05) is 0 Å². The molecule has 0 bridgehead atoms. The van der Waals surface area contributed by atoms with E-state index in [9.17, 15) is 9.59 Å². The van der Waals surface area contributed by atoms with Gasteiger partial charge >= 0.3 is 5.69 Å². The molecule has 0 unspecified atom stereocenters. The zero-order valence-electron chi connectivity index (χ0n) is 15.0. The first-order valence-electron chi connectivity index (χ1n) is 9.08. The van der Waals surface area contributed by atoms with Crippen molar-refractivity contribution in [2.24, 2.45) is 0 Å². The van der Waals surface area contributed by atoms with Crippen LogP contribution in [0.2, 0.25) is 0 Å². The van der Waals surface area contributed by atoms with E-state index in [1.807, 2.05) is 0 Å². The number of fused-ring (bicyclic) bond motifs is 2. The number of benzene rings is 1. The molecule has 2 aromatic heterocycles. The van der Waals surface area contributed by atoms with Gasteiger partial charge in [-0.3, -0.25) is 4.79 Å². The summed E-state index contributed by atoms with van der Waals surface area (Å²) in [5, 5.41) is 6.94. The van der Waals surface area contributed by atoms with Crippen molar-refractivity contribution in [3.8, 4) is 11.5 Å². The molecule has 0 atom stereocenters. The Kier molecular flexibility index (Phi) is 3.89. The molecule has 0 spiro atoms. The molecule has 0 radical (unpaired) electrons. The molecule has 28 heavy (non-hydrogen) atoms. The van der Waals surface area contributed by atoms with E-state index in [0.29, 0.717) is 17.2 Å². The molecule has 2 aliphatic rings. The summed E-state index contributed by atoms with van der Waals surface area (Å²) < 4.78 is 13.0. The molecule has 1 amide bonds. The Hall–Kier alpha value is -3.56. The highest BCUT2D eigenvalue weighted by molar-refractivity contribution is 5.90. The minimum absolute atomic E-state index is 0.162. The predicted molar refractivity (Wildman–Crippen MR) is 99.9 cm³/mol. The lowest BCUT2D eigenvalue weighted by Crippen LogP contribution is -2.28. The van der Waals surface area contributed by atoms with Crippen molar-refractivity contribution in [3.05, 3.63) is 40.9 Å². The van der Waals surface area contributed by atoms with E-state index in [4.69, 9.17) is 9.47 Å². The molecule has 144 valence electrons. The van der Waals surface area contributed by atoms with E-state index >= 15 is 0 Å². The normalized spacial score (nSPS) is 15.4. The number of hydrogen-bond acceptors (Lipinski definition) is 7. The average Bonchev–Trinajstić information content (AvgIpc) is 3.42. The van der Waals surface area contributed by atoms with Crippen molar-refractivity contribution < 1.29 is 14.3 Å². The quantitative estimate of drug-likeness (QED) is 0.714. The van der Waals surface area contributed by atoms with Crippen LogP contribution >= 0.6 is 0 Å². The van der Waals surface area contributed by atoms with Crippen LogP contribution < -0.4 is 25.4 Å². The standard InChI is InChI=1S/C18H18N6O4/c25-16(19-12-3-4-13-14(9-12)28-11-27-13)10-24-18(26)23-8-5-15(20-17(23)21-24)22-6-1-2-7-22/h3-5,8-9H,1-2,6-7,10-11H2,(H,19,25). The maximum atomic E-state index is 12.5. The van der Waals surface area contributed by atoms with Crippen molar-refractivity contribution in [2.45, 2.75) is 19.4 Å². The Bertz CT molecular complexity index is 1110. The summed E-state index contributed by atoms with van der Waals surface area (Å²) in [7, 11) is 0. The van der Waals surface area contributed by atoms with Crippen molar-refractivity contribution in [1.29, 1.82) is 0 Å². The van der Waals surface area contributed by atoms with Gasteiger partial charge in [0.25, 0.3) is 5.78 Å². The van der Waals surface area contributed by atoms with E-state index in [-0.39, 0.29) is 25.0 Å². The first-order valence-corrected chi connectivity index (χ1v) is 9.08. The van der Waals surface area contributed by atoms with E-state index < -0.39 is 5.69 Å². The number of rotatable bonds is 4. The third-order valence-corrected chi connectivity index (χ3v) is 4.82. The Labute approximate surface area is 159 Å². The molecule has 1 fully saturated rings. The van der Waals surface area contributed by atoms with Crippen LogP contribution in [0.25, 0.3) is 5.78 Å². The molecule has 2 aliphatic heterocycles. The van der Waals surface area contributed by atoms with Crippen LogP contribution in [0.1, 0.15) is 12.8 Å². The van der Waals surface area contributed by atoms with Crippen molar-refractivity contribution >= 4 is 23.2 Å². The van der Waals surface area contributed by atoms with Gasteiger partial charge < -0.3 is 19.7 Å². The van der Waals surface area contributed by atoms with Gasteiger partial charge in [-0.25, -0.2) is 13.9 Å². The number of carbonyl (C=O) groups excluding carboxylic acids is 1. The maximum Gasteiger partial charge on any atom is 0.352 e. The molecule has 5 rings (SSSR count). The summed E-state index contributed by atoms with van der Waals surface area (Å²) in [6.07, 6.45) is 3.92. The summed E-state index contributed by atoms with van der Waals surface area (Å²) in [4.78, 5) is 31.5. The highest BCUT2D eigenvalue weighted by atomic mass is 16.7. The van der Waals surface area contributed by atoms with E-state index in [1.165, 1.54) is 4.40 Å². The number of hydrogen-bond donors (Lipinski definition) is 1. The number of anilines is 2. The highest BCUT2D eigenvalue weighted by Gasteiger charge is 2.18. The first-order chi connectivity index (χ1) is 13.7. The minimum atomic E-state index is -0.406. The molecule has 10 nitrogen and oxygen atoms in total. The largest absolute Gasteiger partial charge is 0.454 e. The van der Waals surface area contributed by atoms with Crippen LogP contribution in [-0.4, -0.2) is 45.0 Å². The summed E-state index contributed by atoms with van der Waals surface area (Å²) in [5.41, 5.74) is 0.150. The van der Waals surface area contributed by atoms with Crippen molar-refractivity contribution in [3.63, 3.8) is 0 Å². The number of ether oxygens (including phenoxy) is 2. The summed E-state index contributed by atoms with van der Waals surface area (Å²) in [6.45, 7) is 1.85. The second-order valence-corrected chi connectivity index (χ2v) is 6.71. The van der Waals surface area contributed by atoms with Gasteiger partial charge in [0.1, 0.15) is 12.4 Å². The minimum Gasteiger partial charge on any atom is -0.454 e. The van der Waals surface area contributed by atoms with Gasteiger partial charge in [0.05, 0.1) is 0 Å². The molecule has 0 saturated carbocycles. The fraction of sp³-hybridized carbons (Fsp3) is 0.333. The third-order valence-electron chi connectivity index (χ3n) is 4.82. The molecule has 0 aliphatic carbocycles. The van der Waals surface area contributed by atoms with E-state index in [1.54, 1.807) is 30.5 Å². The van der Waals surface area contributed by atoms with Gasteiger partial charge in [0.15, 0.2) is 11.5 Å². The number of amides is 1. The van der Waals surface area contributed by atoms with Crippen LogP contribution in [0.5, 0.6) is 11.5 Å². The topological polar surface area (TPSA) is 103 Å². The molecule has 10 heteroatoms. The Balaban J connectivity index is 1.34. The van der Waals surface area contributed by atoms with Gasteiger partial charge in [0.2, 0.25) is 12.7 Å². The highest BCUT2D eigenvalue weighted by Crippen LogP contribution is 2.34. The maximum absolute atomic E-state index is 12.5. The van der Waals surface area contributed by atoms with Crippen molar-refractivity contribution in [1.82, 2.24) is 19.2 Å². The van der Waals surface area contributed by atoms with E-state index in [0.717, 1.165) is 36.4 Å². The van der Waals surface area contributed by atoms with Crippen LogP contribution in [0.15, 0.2) is 35.3 Å². The molecule has 4 heterocycles. The van der Waals surface area contributed by atoms with Crippen LogP contribution in [0.4, 0.5) is 11.5 Å². The lowest BCUT2D eigenvalue weighted by atomic mass is 10.3. The summed E-state index contributed by atoms with van der Waals surface area (Å²) >= 11 is 0. The zero-order chi connectivity index (χ0) is 19.1. The monoisotopic (exact) mass is 382 g/mol. The lowest BCUT2D eigenvalue weighted by Gasteiger charge is -2.15. The Morgan fingerprint density at radius 2 is 1.96 bits per heavy atom. The Morgan fingerprint density at radius 1 is 1.14 bits per heavy atom. The molecule has 1 aromatic carbocycles. The second kappa shape index (κ2) is 6.55. The van der Waals surface area contributed by atoms with Gasteiger partial charge in [-0.2, -0.15) is 4.98 Å². The lowest BCUT2D eigenvalue weighted by molar-refractivity contribution is -0.117. The summed E-state index contributed by atoms with van der Waals surface area (Å²) in [5.74, 6) is 1.91. The number of nitrogens with one attached hydrogen (secondary N) is 1. The van der Waals surface area contributed by atoms with Gasteiger partial charge in [0, 0.05) is 31.0 Å². The average molecular weight is 382 g/mol. The molecule has 3 aromatic rings. The van der Waals surface area contributed by atoms with Gasteiger partial charge in [-0.15, -0.1) is 5.10 Å². The number of aromatic nitrogens is 4. The molecule has 1 N–H and O–H groups in total. The van der Waals surface area contributed by atoms with Gasteiger partial charge in [-0.05, 0) is 31.0 Å². The fourth-order valence-corrected chi connectivity index (χ4v) is 3.43. The smallest absolute Gasteiger partial charge is 0.352 e. The molecular weight excluding hydrogens is 364 g/mol. The second-order valence-electron chi connectivity index (χ2n) is 6.71. The van der Waals surface area contributed by atoms with Crippen LogP contribution in [0, 0.1) is 0 Å². The Morgan fingerprint density at radius 3 is 2.82 bits per heavy atom. The fourth-order valence-electron chi connectivity index (χ4n) is 3.43. The number of carbonyl (C=O) groups is 1. The first kappa shape index (κ1) is 16.6. The van der Waals surface area contributed by atoms with Crippen LogP contribution in [-0.2, 0) is 11.3 Å². The summed E-state index contributed by atoms with van der Waals surface area (Å²) in [6, 6.07) is 6.91. The zero-order valence-corrected chi connectivity index (χ0v) is 15.0. The third kappa shape index (κ3) is 2.92. The van der Waals surface area contributed by atoms with Crippen molar-refractivity contribution in [2.75, 3.05) is 30.1 Å². The van der Waals surface area contributed by atoms with Crippen LogP contribution in [0.3, 0.4) is 0 Å². The number of nitrogens with zero attached hydrogens (tertiary/aromatic N) is 5. The predicted octanol–water partition coefficient (Wildman–Crippen LogP) is 0.859. The SMILES string of the molecule is O=C(Cn1nc2nc(N3CCCC3)ccn2c1=O)Nc1ccc2c(c1)OCO2. The molecular formula is C18H18N6O4. The van der Waals surface area contributed by atoms with E-state index in [2.05, 4.69) is 20.3 Å².